The van der Waals surface area contributed by atoms with Gasteiger partial charge >= 0.3 is 6.18 Å². The molecule has 0 atom stereocenters. The van der Waals surface area contributed by atoms with E-state index < -0.39 is 17.6 Å². The molecular formula is C11H6F4N4. The maximum absolute atomic E-state index is 13.7. The number of H-pyrrole nitrogens is 1. The largest absolute Gasteiger partial charge is 0.416 e. The molecule has 1 aromatic carbocycles. The molecule has 98 valence electrons. The van der Waals surface area contributed by atoms with Crippen LogP contribution in [0.1, 0.15) is 5.56 Å². The second kappa shape index (κ2) is 3.56. The van der Waals surface area contributed by atoms with Crippen LogP contribution in [-0.4, -0.2) is 15.0 Å². The molecule has 0 unspecified atom stereocenters. The molecule has 19 heavy (non-hydrogen) atoms. The highest BCUT2D eigenvalue weighted by Gasteiger charge is 2.32. The maximum Gasteiger partial charge on any atom is 0.416 e. The summed E-state index contributed by atoms with van der Waals surface area (Å²) < 4.78 is 51.7. The lowest BCUT2D eigenvalue weighted by Gasteiger charge is -2.07. The van der Waals surface area contributed by atoms with Crippen molar-refractivity contribution in [2.24, 2.45) is 0 Å². The van der Waals surface area contributed by atoms with Gasteiger partial charge in [-0.15, -0.1) is 0 Å². The van der Waals surface area contributed by atoms with Crippen molar-refractivity contribution in [3.63, 3.8) is 0 Å². The Hall–Kier alpha value is -2.38. The zero-order valence-corrected chi connectivity index (χ0v) is 9.22. The number of hydrogen-bond acceptors (Lipinski definition) is 3. The molecule has 3 aromatic rings. The first-order valence-electron chi connectivity index (χ1n) is 5.16. The summed E-state index contributed by atoms with van der Waals surface area (Å²) >= 11 is 0. The molecule has 0 aliphatic carbocycles. The fourth-order valence-electron chi connectivity index (χ4n) is 1.97. The second-order valence-corrected chi connectivity index (χ2v) is 3.99. The van der Waals surface area contributed by atoms with Crippen LogP contribution in [0.4, 0.5) is 23.4 Å². The normalized spacial score (nSPS) is 12.4. The summed E-state index contributed by atoms with van der Waals surface area (Å²) in [5.74, 6) is -1.02. The van der Waals surface area contributed by atoms with Crippen LogP contribution < -0.4 is 5.73 Å². The fourth-order valence-corrected chi connectivity index (χ4v) is 1.97. The van der Waals surface area contributed by atoms with E-state index in [1.807, 2.05) is 0 Å². The van der Waals surface area contributed by atoms with Crippen LogP contribution in [0.15, 0.2) is 18.5 Å². The van der Waals surface area contributed by atoms with E-state index in [-0.39, 0.29) is 27.8 Å². The SMILES string of the molecule is Nc1ncnc2[nH]c3c(F)cc(C(F)(F)F)cc3c12. The van der Waals surface area contributed by atoms with E-state index in [2.05, 4.69) is 15.0 Å². The van der Waals surface area contributed by atoms with Crippen LogP contribution in [0.3, 0.4) is 0 Å². The molecule has 8 heteroatoms. The molecule has 2 aromatic heterocycles. The van der Waals surface area contributed by atoms with Gasteiger partial charge in [0.1, 0.15) is 23.6 Å². The van der Waals surface area contributed by atoms with E-state index in [1.54, 1.807) is 0 Å². The molecule has 0 aliphatic rings. The van der Waals surface area contributed by atoms with Crippen molar-refractivity contribution in [1.82, 2.24) is 15.0 Å². The van der Waals surface area contributed by atoms with E-state index >= 15 is 0 Å². The van der Waals surface area contributed by atoms with Gasteiger partial charge in [0.25, 0.3) is 0 Å². The fraction of sp³-hybridized carbons (Fsp3) is 0.0909. The van der Waals surface area contributed by atoms with Crippen molar-refractivity contribution in [3.8, 4) is 0 Å². The zero-order valence-electron chi connectivity index (χ0n) is 9.22. The lowest BCUT2D eigenvalue weighted by molar-refractivity contribution is -0.137. The number of nitrogens with zero attached hydrogens (tertiary/aromatic N) is 2. The number of nitrogen functional groups attached to an aromatic ring is 1. The molecule has 4 nitrogen and oxygen atoms in total. The van der Waals surface area contributed by atoms with E-state index in [1.165, 1.54) is 0 Å². The van der Waals surface area contributed by atoms with Crippen molar-refractivity contribution >= 4 is 27.8 Å². The van der Waals surface area contributed by atoms with E-state index in [4.69, 9.17) is 5.73 Å². The van der Waals surface area contributed by atoms with E-state index in [0.717, 1.165) is 12.4 Å². The Balaban J connectivity index is 2.49. The van der Waals surface area contributed by atoms with Gasteiger partial charge in [-0.2, -0.15) is 13.2 Å². The minimum absolute atomic E-state index is 0.00465. The number of halogens is 4. The predicted molar refractivity (Wildman–Crippen MR) is 60.8 cm³/mol. The Morgan fingerprint density at radius 3 is 2.58 bits per heavy atom. The molecular weight excluding hydrogens is 264 g/mol. The third-order valence-electron chi connectivity index (χ3n) is 2.81. The quantitative estimate of drug-likeness (QED) is 0.617. The van der Waals surface area contributed by atoms with Gasteiger partial charge in [0, 0.05) is 5.39 Å². The summed E-state index contributed by atoms with van der Waals surface area (Å²) in [6, 6.07) is 1.26. The topological polar surface area (TPSA) is 67.6 Å². The lowest BCUT2D eigenvalue weighted by Crippen LogP contribution is -2.05. The highest BCUT2D eigenvalue weighted by molar-refractivity contribution is 6.10. The number of anilines is 1. The van der Waals surface area contributed by atoms with Crippen LogP contribution in [0.2, 0.25) is 0 Å². The third kappa shape index (κ3) is 1.67. The molecule has 0 saturated carbocycles. The van der Waals surface area contributed by atoms with Gasteiger partial charge in [0.05, 0.1) is 16.5 Å². The van der Waals surface area contributed by atoms with Crippen molar-refractivity contribution in [2.75, 3.05) is 5.73 Å². The number of fused-ring (bicyclic) bond motifs is 3. The average molecular weight is 270 g/mol. The summed E-state index contributed by atoms with van der Waals surface area (Å²) in [6.07, 6.45) is -3.49. The Labute approximate surface area is 103 Å². The monoisotopic (exact) mass is 270 g/mol. The van der Waals surface area contributed by atoms with Crippen LogP contribution in [0.5, 0.6) is 0 Å². The highest BCUT2D eigenvalue weighted by Crippen LogP contribution is 2.36. The second-order valence-electron chi connectivity index (χ2n) is 3.99. The Morgan fingerprint density at radius 2 is 1.89 bits per heavy atom. The molecule has 0 radical (unpaired) electrons. The summed E-state index contributed by atoms with van der Waals surface area (Å²) in [5.41, 5.74) is 4.64. The summed E-state index contributed by atoms with van der Waals surface area (Å²) in [4.78, 5) is 10.1. The van der Waals surface area contributed by atoms with Gasteiger partial charge in [0.2, 0.25) is 0 Å². The molecule has 0 spiro atoms. The number of nitrogens with one attached hydrogen (secondary N) is 1. The number of benzene rings is 1. The summed E-state index contributed by atoms with van der Waals surface area (Å²) in [6.45, 7) is 0. The number of hydrogen-bond donors (Lipinski definition) is 2. The van der Waals surface area contributed by atoms with Gasteiger partial charge in [0.15, 0.2) is 0 Å². The Morgan fingerprint density at radius 1 is 1.16 bits per heavy atom. The number of alkyl halides is 3. The highest BCUT2D eigenvalue weighted by atomic mass is 19.4. The smallest absolute Gasteiger partial charge is 0.383 e. The predicted octanol–water partition coefficient (Wildman–Crippen LogP) is 2.85. The maximum atomic E-state index is 13.7. The van der Waals surface area contributed by atoms with Gasteiger partial charge in [-0.05, 0) is 12.1 Å². The summed E-state index contributed by atoms with van der Waals surface area (Å²) in [7, 11) is 0. The molecule has 0 bridgehead atoms. The standard InChI is InChI=1S/C11H6F4N4/c12-6-2-4(11(13,14)15)1-5-7-9(16)17-3-18-10(7)19-8(5)6/h1-3H,(H3,16,17,18,19). The van der Waals surface area contributed by atoms with Crippen molar-refractivity contribution in [2.45, 2.75) is 6.18 Å². The first kappa shape index (κ1) is 11.7. The minimum Gasteiger partial charge on any atom is -0.383 e. The number of aromatic amines is 1. The Bertz CT molecular complexity index is 791. The van der Waals surface area contributed by atoms with Crippen molar-refractivity contribution in [3.05, 3.63) is 29.8 Å². The number of nitrogens with two attached hydrogens (primary N) is 1. The molecule has 0 saturated heterocycles. The van der Waals surface area contributed by atoms with Gasteiger partial charge in [-0.3, -0.25) is 0 Å². The molecule has 0 fully saturated rings. The molecule has 0 aliphatic heterocycles. The number of rotatable bonds is 0. The van der Waals surface area contributed by atoms with E-state index in [9.17, 15) is 17.6 Å². The summed E-state index contributed by atoms with van der Waals surface area (Å²) in [5, 5.41) is 0.197. The van der Waals surface area contributed by atoms with Crippen molar-refractivity contribution in [1.29, 1.82) is 0 Å². The third-order valence-corrected chi connectivity index (χ3v) is 2.81. The molecule has 2 heterocycles. The lowest BCUT2D eigenvalue weighted by atomic mass is 10.1. The Kier molecular flexibility index (Phi) is 2.19. The molecule has 3 N–H and O–H groups in total. The molecule has 3 rings (SSSR count). The van der Waals surface area contributed by atoms with Gasteiger partial charge in [-0.1, -0.05) is 0 Å². The first-order valence-corrected chi connectivity index (χ1v) is 5.16. The van der Waals surface area contributed by atoms with Crippen LogP contribution >= 0.6 is 0 Å². The van der Waals surface area contributed by atoms with Crippen LogP contribution in [-0.2, 0) is 6.18 Å². The van der Waals surface area contributed by atoms with Crippen LogP contribution in [0.25, 0.3) is 21.9 Å². The van der Waals surface area contributed by atoms with Crippen molar-refractivity contribution < 1.29 is 17.6 Å². The zero-order chi connectivity index (χ0) is 13.8. The van der Waals surface area contributed by atoms with Crippen LogP contribution in [0, 0.1) is 5.82 Å². The number of aromatic nitrogens is 3. The first-order chi connectivity index (χ1) is 8.88. The minimum atomic E-state index is -4.64. The average Bonchev–Trinajstić information content (AvgIpc) is 2.68. The molecule has 0 amide bonds. The van der Waals surface area contributed by atoms with Gasteiger partial charge < -0.3 is 10.7 Å². The van der Waals surface area contributed by atoms with Gasteiger partial charge in [-0.25, -0.2) is 14.4 Å². The van der Waals surface area contributed by atoms with E-state index in [0.29, 0.717) is 6.07 Å².